The van der Waals surface area contributed by atoms with E-state index in [1.165, 1.54) is 6.07 Å². The van der Waals surface area contributed by atoms with E-state index < -0.39 is 0 Å². The van der Waals surface area contributed by atoms with E-state index in [1.54, 1.807) is 16.8 Å². The van der Waals surface area contributed by atoms with Gasteiger partial charge in [0.05, 0.1) is 6.54 Å². The smallest absolute Gasteiger partial charge is 0.252 e. The number of benzene rings is 1. The van der Waals surface area contributed by atoms with E-state index in [0.29, 0.717) is 11.6 Å². The van der Waals surface area contributed by atoms with Gasteiger partial charge in [0.15, 0.2) is 0 Å². The molecule has 0 amide bonds. The number of pyridine rings is 1. The van der Waals surface area contributed by atoms with Gasteiger partial charge in [-0.3, -0.25) is 4.79 Å². The topological polar surface area (TPSA) is 43.3 Å². The van der Waals surface area contributed by atoms with Crippen LogP contribution in [0.5, 0.6) is 5.75 Å². The van der Waals surface area contributed by atoms with Crippen LogP contribution in [0, 0.1) is 6.92 Å². The number of aryl methyl sites for hydroxylation is 1. The van der Waals surface area contributed by atoms with Crippen LogP contribution in [0.1, 0.15) is 24.0 Å². The number of nitrogens with zero attached hydrogens (tertiary/aromatic N) is 1. The SMILES string of the molecule is Cc1cc(Br)cc(Cn2ccc(Cl)cc2=O)c1OC1CCNCC1. The zero-order chi connectivity index (χ0) is 17.1. The maximum Gasteiger partial charge on any atom is 0.252 e. The Morgan fingerprint density at radius 2 is 2.08 bits per heavy atom. The van der Waals surface area contributed by atoms with Gasteiger partial charge < -0.3 is 14.6 Å². The Bertz CT molecular complexity index is 785. The molecular weight excluding hydrogens is 392 g/mol. The lowest BCUT2D eigenvalue weighted by Gasteiger charge is -2.26. The summed E-state index contributed by atoms with van der Waals surface area (Å²) in [6.07, 6.45) is 3.92. The van der Waals surface area contributed by atoms with Crippen molar-refractivity contribution in [1.29, 1.82) is 0 Å². The van der Waals surface area contributed by atoms with Crippen LogP contribution in [0.4, 0.5) is 0 Å². The van der Waals surface area contributed by atoms with Gasteiger partial charge in [0.25, 0.3) is 5.56 Å². The quantitative estimate of drug-likeness (QED) is 0.833. The Morgan fingerprint density at radius 3 is 2.79 bits per heavy atom. The zero-order valence-corrected chi connectivity index (χ0v) is 15.9. The number of halogens is 2. The molecule has 1 saturated heterocycles. The summed E-state index contributed by atoms with van der Waals surface area (Å²) in [6.45, 7) is 4.45. The van der Waals surface area contributed by atoms with Gasteiger partial charge in [0.1, 0.15) is 11.9 Å². The number of piperidine rings is 1. The summed E-state index contributed by atoms with van der Waals surface area (Å²) in [5, 5.41) is 3.80. The number of hydrogen-bond acceptors (Lipinski definition) is 3. The minimum Gasteiger partial charge on any atom is -0.490 e. The standard InChI is InChI=1S/C18H20BrClN2O2/c1-12-8-14(19)9-13(11-22-7-4-15(20)10-17(22)23)18(12)24-16-2-5-21-6-3-16/h4,7-10,16,21H,2-3,5-6,11H2,1H3. The highest BCUT2D eigenvalue weighted by atomic mass is 79.9. The number of nitrogens with one attached hydrogen (secondary N) is 1. The maximum absolute atomic E-state index is 12.1. The molecule has 1 N–H and O–H groups in total. The fraction of sp³-hybridized carbons (Fsp3) is 0.389. The van der Waals surface area contributed by atoms with Crippen LogP contribution in [-0.2, 0) is 6.54 Å². The summed E-state index contributed by atoms with van der Waals surface area (Å²) in [7, 11) is 0. The Balaban J connectivity index is 1.91. The molecule has 1 aromatic carbocycles. The third-order valence-electron chi connectivity index (χ3n) is 4.19. The minimum atomic E-state index is -0.118. The zero-order valence-electron chi connectivity index (χ0n) is 13.5. The number of aromatic nitrogens is 1. The first-order valence-corrected chi connectivity index (χ1v) is 9.22. The molecule has 1 aromatic heterocycles. The van der Waals surface area contributed by atoms with Gasteiger partial charge in [-0.25, -0.2) is 0 Å². The summed E-state index contributed by atoms with van der Waals surface area (Å²) in [5.41, 5.74) is 1.94. The van der Waals surface area contributed by atoms with E-state index in [4.69, 9.17) is 16.3 Å². The van der Waals surface area contributed by atoms with Crippen molar-refractivity contribution in [1.82, 2.24) is 9.88 Å². The lowest BCUT2D eigenvalue weighted by atomic mass is 10.1. The fourth-order valence-corrected chi connectivity index (χ4v) is 3.73. The van der Waals surface area contributed by atoms with Crippen LogP contribution in [0.2, 0.25) is 5.02 Å². The normalized spacial score (nSPS) is 15.5. The molecule has 0 bridgehead atoms. The van der Waals surface area contributed by atoms with E-state index in [1.807, 2.05) is 19.1 Å². The molecule has 24 heavy (non-hydrogen) atoms. The van der Waals surface area contributed by atoms with Gasteiger partial charge in [-0.1, -0.05) is 27.5 Å². The Hall–Kier alpha value is -1.30. The summed E-state index contributed by atoms with van der Waals surface area (Å²) >= 11 is 9.42. The van der Waals surface area contributed by atoms with E-state index in [0.717, 1.165) is 47.3 Å². The highest BCUT2D eigenvalue weighted by Crippen LogP contribution is 2.30. The molecule has 4 nitrogen and oxygen atoms in total. The van der Waals surface area contributed by atoms with Crippen LogP contribution in [0.3, 0.4) is 0 Å². The summed E-state index contributed by atoms with van der Waals surface area (Å²) in [6, 6.07) is 7.22. The first-order valence-electron chi connectivity index (χ1n) is 8.05. The first kappa shape index (κ1) is 17.5. The predicted molar refractivity (Wildman–Crippen MR) is 100 cm³/mol. The van der Waals surface area contributed by atoms with E-state index in [-0.39, 0.29) is 11.7 Å². The van der Waals surface area contributed by atoms with Crippen LogP contribution in [0.15, 0.2) is 39.7 Å². The molecular formula is C18H20BrClN2O2. The average Bonchev–Trinajstić information content (AvgIpc) is 2.54. The third-order valence-corrected chi connectivity index (χ3v) is 4.88. The average molecular weight is 412 g/mol. The molecule has 3 rings (SSSR count). The number of hydrogen-bond donors (Lipinski definition) is 1. The Labute approximate surface area is 154 Å². The monoisotopic (exact) mass is 410 g/mol. The molecule has 128 valence electrons. The molecule has 2 aromatic rings. The minimum absolute atomic E-state index is 0.118. The molecule has 6 heteroatoms. The third kappa shape index (κ3) is 4.21. The van der Waals surface area contributed by atoms with Gasteiger partial charge in [0, 0.05) is 27.3 Å². The molecule has 0 radical (unpaired) electrons. The first-order chi connectivity index (χ1) is 11.5. The Kier molecular flexibility index (Phi) is 5.64. The van der Waals surface area contributed by atoms with E-state index in [2.05, 4.69) is 21.2 Å². The number of rotatable bonds is 4. The molecule has 0 aliphatic carbocycles. The van der Waals surface area contributed by atoms with E-state index in [9.17, 15) is 4.79 Å². The van der Waals surface area contributed by atoms with Crippen molar-refractivity contribution in [2.45, 2.75) is 32.4 Å². The molecule has 1 aliphatic rings. The van der Waals surface area contributed by atoms with Gasteiger partial charge in [-0.2, -0.15) is 0 Å². The summed E-state index contributed by atoms with van der Waals surface area (Å²) in [4.78, 5) is 12.1. The van der Waals surface area contributed by atoms with Crippen LogP contribution in [0.25, 0.3) is 0 Å². The van der Waals surface area contributed by atoms with Crippen molar-refractivity contribution < 1.29 is 4.74 Å². The summed E-state index contributed by atoms with van der Waals surface area (Å²) < 4.78 is 8.93. The highest BCUT2D eigenvalue weighted by molar-refractivity contribution is 9.10. The molecule has 1 fully saturated rings. The Morgan fingerprint density at radius 1 is 1.33 bits per heavy atom. The molecule has 1 aliphatic heterocycles. The predicted octanol–water partition coefficient (Wildman–Crippen LogP) is 3.75. The van der Waals surface area contributed by atoms with Crippen molar-refractivity contribution in [3.8, 4) is 5.75 Å². The maximum atomic E-state index is 12.1. The van der Waals surface area contributed by atoms with Crippen molar-refractivity contribution in [2.24, 2.45) is 0 Å². The highest BCUT2D eigenvalue weighted by Gasteiger charge is 2.18. The van der Waals surface area contributed by atoms with Crippen LogP contribution < -0.4 is 15.6 Å². The molecule has 0 atom stereocenters. The van der Waals surface area contributed by atoms with Gasteiger partial charge in [0.2, 0.25) is 0 Å². The van der Waals surface area contributed by atoms with Gasteiger partial charge in [-0.05, 0) is 56.6 Å². The lowest BCUT2D eigenvalue weighted by Crippen LogP contribution is -2.34. The second-order valence-electron chi connectivity index (χ2n) is 6.09. The summed E-state index contributed by atoms with van der Waals surface area (Å²) in [5.74, 6) is 0.881. The van der Waals surface area contributed by atoms with Crippen molar-refractivity contribution in [3.05, 3.63) is 61.4 Å². The van der Waals surface area contributed by atoms with Gasteiger partial charge in [-0.15, -0.1) is 0 Å². The number of ether oxygens (including phenoxy) is 1. The second-order valence-corrected chi connectivity index (χ2v) is 7.44. The van der Waals surface area contributed by atoms with Crippen LogP contribution >= 0.6 is 27.5 Å². The molecule has 2 heterocycles. The van der Waals surface area contributed by atoms with E-state index >= 15 is 0 Å². The largest absolute Gasteiger partial charge is 0.490 e. The molecule has 0 spiro atoms. The van der Waals surface area contributed by atoms with Crippen molar-refractivity contribution >= 4 is 27.5 Å². The van der Waals surface area contributed by atoms with Gasteiger partial charge >= 0.3 is 0 Å². The fourth-order valence-electron chi connectivity index (χ4n) is 2.96. The van der Waals surface area contributed by atoms with Crippen molar-refractivity contribution in [2.75, 3.05) is 13.1 Å². The van der Waals surface area contributed by atoms with Crippen molar-refractivity contribution in [3.63, 3.8) is 0 Å². The molecule has 0 unspecified atom stereocenters. The lowest BCUT2D eigenvalue weighted by molar-refractivity contribution is 0.159. The van der Waals surface area contributed by atoms with Crippen LogP contribution in [-0.4, -0.2) is 23.8 Å². The molecule has 0 saturated carbocycles. The second kappa shape index (κ2) is 7.72.